The molecule has 0 saturated heterocycles. The van der Waals surface area contributed by atoms with Crippen molar-refractivity contribution in [1.29, 1.82) is 0 Å². The Hall–Kier alpha value is -2.14. The molecule has 0 aliphatic rings. The highest BCUT2D eigenvalue weighted by atomic mass is 79.9. The lowest BCUT2D eigenvalue weighted by atomic mass is 10.1. The second-order valence-corrected chi connectivity index (χ2v) is 6.56. The number of carbonyl (C=O) groups excluding carboxylic acids is 2. The van der Waals surface area contributed by atoms with Gasteiger partial charge in [0, 0.05) is 4.47 Å². The summed E-state index contributed by atoms with van der Waals surface area (Å²) in [5, 5.41) is 2.75. The number of hydrogen-bond acceptors (Lipinski definition) is 3. The maximum absolute atomic E-state index is 12.2. The van der Waals surface area contributed by atoms with Crippen molar-refractivity contribution in [2.45, 2.75) is 33.3 Å². The number of carbonyl (C=O) groups is 2. The van der Waals surface area contributed by atoms with Crippen LogP contribution in [-0.4, -0.2) is 18.0 Å². The molecule has 1 N–H and O–H groups in total. The lowest BCUT2D eigenvalue weighted by molar-refractivity contribution is -0.152. The molecule has 4 nitrogen and oxygen atoms in total. The van der Waals surface area contributed by atoms with E-state index in [1.54, 1.807) is 13.0 Å². The van der Waals surface area contributed by atoms with Gasteiger partial charge in [-0.15, -0.1) is 0 Å². The largest absolute Gasteiger partial charge is 0.452 e. The van der Waals surface area contributed by atoms with Crippen LogP contribution in [0.5, 0.6) is 0 Å². The Kier molecular flexibility index (Phi) is 6.15. The summed E-state index contributed by atoms with van der Waals surface area (Å²) in [5.74, 6) is -0.785. The van der Waals surface area contributed by atoms with Crippen LogP contribution in [0.1, 0.15) is 23.6 Å². The van der Waals surface area contributed by atoms with Crippen molar-refractivity contribution < 1.29 is 14.3 Å². The minimum absolute atomic E-state index is 0.151. The summed E-state index contributed by atoms with van der Waals surface area (Å²) < 4.78 is 6.03. The summed E-state index contributed by atoms with van der Waals surface area (Å²) in [6, 6.07) is 13.2. The fourth-order valence-electron chi connectivity index (χ4n) is 2.21. The van der Waals surface area contributed by atoms with Crippen molar-refractivity contribution in [2.75, 3.05) is 5.32 Å². The predicted octanol–water partition coefficient (Wildman–Crippen LogP) is 4.18. The first-order valence-corrected chi connectivity index (χ1v) is 8.47. The van der Waals surface area contributed by atoms with Crippen LogP contribution in [-0.2, 0) is 20.7 Å². The zero-order valence-electron chi connectivity index (χ0n) is 13.9. The summed E-state index contributed by atoms with van der Waals surface area (Å²) in [7, 11) is 0. The first-order chi connectivity index (χ1) is 11.4. The molecule has 2 aromatic carbocycles. The average molecular weight is 390 g/mol. The third-order valence-electron chi connectivity index (χ3n) is 3.66. The van der Waals surface area contributed by atoms with Crippen LogP contribution in [0.15, 0.2) is 46.9 Å². The van der Waals surface area contributed by atoms with Crippen molar-refractivity contribution in [3.63, 3.8) is 0 Å². The Morgan fingerprint density at radius 1 is 1.17 bits per heavy atom. The van der Waals surface area contributed by atoms with Crippen molar-refractivity contribution in [3.8, 4) is 0 Å². The summed E-state index contributed by atoms with van der Waals surface area (Å²) in [4.78, 5) is 24.2. The van der Waals surface area contributed by atoms with E-state index in [4.69, 9.17) is 4.74 Å². The molecule has 0 heterocycles. The summed E-state index contributed by atoms with van der Waals surface area (Å²) in [5.41, 5.74) is 3.65. The number of nitrogens with one attached hydrogen (secondary N) is 1. The Balaban J connectivity index is 1.93. The van der Waals surface area contributed by atoms with Gasteiger partial charge in [0.05, 0.1) is 12.1 Å². The van der Waals surface area contributed by atoms with Crippen molar-refractivity contribution in [2.24, 2.45) is 0 Å². The Morgan fingerprint density at radius 2 is 1.88 bits per heavy atom. The molecule has 0 bridgehead atoms. The van der Waals surface area contributed by atoms with Gasteiger partial charge < -0.3 is 10.1 Å². The molecule has 2 rings (SSSR count). The standard InChI is InChI=1S/C19H20BrNO3/c1-12-8-9-17(16(20)10-12)21-19(23)14(3)24-18(22)11-15-7-5-4-6-13(15)2/h4-10,14H,11H2,1-3H3,(H,21,23)/t14-/m0/s1. The van der Waals surface area contributed by atoms with Gasteiger partial charge >= 0.3 is 5.97 Å². The molecule has 5 heteroatoms. The van der Waals surface area contributed by atoms with E-state index < -0.39 is 12.1 Å². The predicted molar refractivity (Wildman–Crippen MR) is 97.9 cm³/mol. The molecule has 0 unspecified atom stereocenters. The molecule has 0 radical (unpaired) electrons. The summed E-state index contributed by atoms with van der Waals surface area (Å²) in [6.07, 6.45) is -0.715. The van der Waals surface area contributed by atoms with Crippen molar-refractivity contribution in [1.82, 2.24) is 0 Å². The third-order valence-corrected chi connectivity index (χ3v) is 4.31. The zero-order chi connectivity index (χ0) is 17.7. The number of rotatable bonds is 5. The molecule has 0 aliphatic heterocycles. The van der Waals surface area contributed by atoms with Gasteiger partial charge in [0.1, 0.15) is 0 Å². The monoisotopic (exact) mass is 389 g/mol. The Bertz CT molecular complexity index is 758. The van der Waals surface area contributed by atoms with Gasteiger partial charge in [-0.05, 0) is 65.5 Å². The van der Waals surface area contributed by atoms with Crippen LogP contribution in [0, 0.1) is 13.8 Å². The number of ether oxygens (including phenoxy) is 1. The Morgan fingerprint density at radius 3 is 2.54 bits per heavy atom. The highest BCUT2D eigenvalue weighted by Gasteiger charge is 2.19. The molecule has 126 valence electrons. The molecule has 0 aliphatic carbocycles. The zero-order valence-corrected chi connectivity index (χ0v) is 15.5. The van der Waals surface area contributed by atoms with Crippen LogP contribution in [0.4, 0.5) is 5.69 Å². The Labute approximate surface area is 150 Å². The van der Waals surface area contributed by atoms with Crippen molar-refractivity contribution >= 4 is 33.5 Å². The van der Waals surface area contributed by atoms with E-state index in [1.165, 1.54) is 0 Å². The summed E-state index contributed by atoms with van der Waals surface area (Å²) >= 11 is 3.41. The number of hydrogen-bond donors (Lipinski definition) is 1. The molecule has 2 aromatic rings. The molecule has 0 fully saturated rings. The van der Waals surface area contributed by atoms with E-state index in [-0.39, 0.29) is 12.3 Å². The number of halogens is 1. The smallest absolute Gasteiger partial charge is 0.311 e. The molecule has 0 spiro atoms. The number of aryl methyl sites for hydroxylation is 2. The number of amides is 1. The molecule has 1 atom stereocenters. The maximum atomic E-state index is 12.2. The second kappa shape index (κ2) is 8.11. The normalized spacial score (nSPS) is 11.7. The van der Waals surface area contributed by atoms with Gasteiger partial charge in [-0.25, -0.2) is 0 Å². The maximum Gasteiger partial charge on any atom is 0.311 e. The highest BCUT2D eigenvalue weighted by molar-refractivity contribution is 9.10. The van der Waals surface area contributed by atoms with Crippen LogP contribution in [0.3, 0.4) is 0 Å². The SMILES string of the molecule is Cc1ccc(NC(=O)[C@H](C)OC(=O)Cc2ccccc2C)c(Br)c1. The van der Waals surface area contributed by atoms with Gasteiger partial charge in [-0.1, -0.05) is 30.3 Å². The van der Waals surface area contributed by atoms with Crippen LogP contribution in [0.2, 0.25) is 0 Å². The summed E-state index contributed by atoms with van der Waals surface area (Å²) in [6.45, 7) is 5.47. The van der Waals surface area contributed by atoms with Crippen LogP contribution in [0.25, 0.3) is 0 Å². The third kappa shape index (κ3) is 4.93. The fraction of sp³-hybridized carbons (Fsp3) is 0.263. The lowest BCUT2D eigenvalue weighted by Gasteiger charge is -2.15. The minimum Gasteiger partial charge on any atom is -0.452 e. The van der Waals surface area contributed by atoms with E-state index in [2.05, 4.69) is 21.2 Å². The van der Waals surface area contributed by atoms with Crippen molar-refractivity contribution in [3.05, 3.63) is 63.6 Å². The van der Waals surface area contributed by atoms with E-state index in [1.807, 2.05) is 50.2 Å². The molecular weight excluding hydrogens is 370 g/mol. The van der Waals surface area contributed by atoms with Crippen LogP contribution < -0.4 is 5.32 Å². The lowest BCUT2D eigenvalue weighted by Crippen LogP contribution is -2.30. The van der Waals surface area contributed by atoms with Gasteiger partial charge in [0.25, 0.3) is 5.91 Å². The molecule has 24 heavy (non-hydrogen) atoms. The van der Waals surface area contributed by atoms with E-state index in [0.29, 0.717) is 5.69 Å². The minimum atomic E-state index is -0.866. The van der Waals surface area contributed by atoms with Gasteiger partial charge in [-0.2, -0.15) is 0 Å². The van der Waals surface area contributed by atoms with E-state index in [0.717, 1.165) is 21.2 Å². The van der Waals surface area contributed by atoms with Gasteiger partial charge in [-0.3, -0.25) is 9.59 Å². The number of anilines is 1. The van der Waals surface area contributed by atoms with E-state index in [9.17, 15) is 9.59 Å². The molecular formula is C19H20BrNO3. The first-order valence-electron chi connectivity index (χ1n) is 7.68. The topological polar surface area (TPSA) is 55.4 Å². The van der Waals surface area contributed by atoms with Gasteiger partial charge in [0.15, 0.2) is 6.10 Å². The van der Waals surface area contributed by atoms with Gasteiger partial charge in [0.2, 0.25) is 0 Å². The molecule has 0 saturated carbocycles. The second-order valence-electron chi connectivity index (χ2n) is 5.71. The van der Waals surface area contributed by atoms with E-state index >= 15 is 0 Å². The highest BCUT2D eigenvalue weighted by Crippen LogP contribution is 2.23. The average Bonchev–Trinajstić information content (AvgIpc) is 2.52. The molecule has 1 amide bonds. The molecule has 0 aromatic heterocycles. The van der Waals surface area contributed by atoms with Crippen LogP contribution >= 0.6 is 15.9 Å². The first kappa shape index (κ1) is 18.2. The quantitative estimate of drug-likeness (QED) is 0.780. The number of benzene rings is 2. The fourth-order valence-corrected chi connectivity index (χ4v) is 2.80. The number of esters is 1.